The van der Waals surface area contributed by atoms with Crippen molar-refractivity contribution >= 4 is 5.82 Å². The molecule has 1 aromatic rings. The van der Waals surface area contributed by atoms with Gasteiger partial charge in [0.05, 0.1) is 18.8 Å². The van der Waals surface area contributed by atoms with Crippen LogP contribution in [0.4, 0.5) is 5.82 Å². The van der Waals surface area contributed by atoms with Gasteiger partial charge >= 0.3 is 6.01 Å². The molecule has 1 atom stereocenters. The van der Waals surface area contributed by atoms with E-state index in [2.05, 4.69) is 22.2 Å². The maximum absolute atomic E-state index is 5.79. The molecule has 2 rings (SSSR count). The molecule has 2 heterocycles. The van der Waals surface area contributed by atoms with Gasteiger partial charge in [-0.05, 0) is 6.42 Å². The highest BCUT2D eigenvalue weighted by Gasteiger charge is 2.25. The van der Waals surface area contributed by atoms with Crippen LogP contribution in [0.5, 0.6) is 6.01 Å². The molecule has 0 radical (unpaired) electrons. The minimum atomic E-state index is 0.282. The van der Waals surface area contributed by atoms with E-state index in [4.69, 9.17) is 10.5 Å². The van der Waals surface area contributed by atoms with Crippen LogP contribution >= 0.6 is 0 Å². The summed E-state index contributed by atoms with van der Waals surface area (Å²) in [6.45, 7) is 2.86. The van der Waals surface area contributed by atoms with Crippen LogP contribution in [0.3, 0.4) is 0 Å². The monoisotopic (exact) mass is 194 g/mol. The molecule has 0 fully saturated rings. The van der Waals surface area contributed by atoms with E-state index in [1.807, 2.05) is 0 Å². The van der Waals surface area contributed by atoms with Crippen LogP contribution in [0.1, 0.15) is 30.6 Å². The number of nitrogens with one attached hydrogen (secondary N) is 1. The van der Waals surface area contributed by atoms with Gasteiger partial charge in [-0.15, -0.1) is 0 Å². The van der Waals surface area contributed by atoms with Crippen molar-refractivity contribution in [2.45, 2.75) is 25.9 Å². The lowest BCUT2D eigenvalue weighted by molar-refractivity contribution is 0.377. The Kier molecular flexibility index (Phi) is 2.25. The number of nitrogens with zero attached hydrogens (tertiary/aromatic N) is 2. The maximum atomic E-state index is 5.79. The molecule has 0 amide bonds. The number of anilines is 1. The highest BCUT2D eigenvalue weighted by molar-refractivity contribution is 5.46. The van der Waals surface area contributed by atoms with E-state index in [-0.39, 0.29) is 6.04 Å². The van der Waals surface area contributed by atoms with Gasteiger partial charge in [0, 0.05) is 12.1 Å². The number of aromatic nitrogens is 2. The molecular formula is C9H14N4O. The van der Waals surface area contributed by atoms with Crippen LogP contribution in [-0.2, 0) is 6.54 Å². The quantitative estimate of drug-likeness (QED) is 0.722. The fraction of sp³-hybridized carbons (Fsp3) is 0.556. The van der Waals surface area contributed by atoms with Crippen LogP contribution in [0, 0.1) is 0 Å². The normalized spacial score (nSPS) is 19.4. The van der Waals surface area contributed by atoms with Crippen LogP contribution in [0.15, 0.2) is 0 Å². The van der Waals surface area contributed by atoms with Crippen molar-refractivity contribution in [2.24, 2.45) is 0 Å². The van der Waals surface area contributed by atoms with Gasteiger partial charge in [-0.1, -0.05) is 6.92 Å². The highest BCUT2D eigenvalue weighted by atomic mass is 16.5. The van der Waals surface area contributed by atoms with Crippen LogP contribution in [0.25, 0.3) is 0 Å². The van der Waals surface area contributed by atoms with Gasteiger partial charge < -0.3 is 15.8 Å². The molecule has 3 N–H and O–H groups in total. The fourth-order valence-corrected chi connectivity index (χ4v) is 1.72. The van der Waals surface area contributed by atoms with Crippen molar-refractivity contribution < 1.29 is 4.74 Å². The summed E-state index contributed by atoms with van der Waals surface area (Å²) >= 11 is 0. The minimum Gasteiger partial charge on any atom is -0.467 e. The number of hydrogen-bond donors (Lipinski definition) is 2. The molecule has 0 aromatic carbocycles. The molecule has 76 valence electrons. The number of methoxy groups -OCH3 is 1. The van der Waals surface area contributed by atoms with Crippen LogP contribution in [0.2, 0.25) is 0 Å². The summed E-state index contributed by atoms with van der Waals surface area (Å²) in [4.78, 5) is 8.35. The Balaban J connectivity index is 2.47. The van der Waals surface area contributed by atoms with Crippen molar-refractivity contribution in [1.29, 1.82) is 0 Å². The highest BCUT2D eigenvalue weighted by Crippen LogP contribution is 2.29. The second-order valence-corrected chi connectivity index (χ2v) is 3.30. The first-order valence-corrected chi connectivity index (χ1v) is 4.70. The predicted molar refractivity (Wildman–Crippen MR) is 52.9 cm³/mol. The summed E-state index contributed by atoms with van der Waals surface area (Å²) < 4.78 is 4.98. The van der Waals surface area contributed by atoms with Crippen LogP contribution in [-0.4, -0.2) is 17.1 Å². The Hall–Kier alpha value is -1.36. The predicted octanol–water partition coefficient (Wildman–Crippen LogP) is 0.622. The topological polar surface area (TPSA) is 73.1 Å². The summed E-state index contributed by atoms with van der Waals surface area (Å²) in [5.41, 5.74) is 7.79. The van der Waals surface area contributed by atoms with Crippen molar-refractivity contribution in [3.8, 4) is 6.01 Å². The molecule has 0 spiro atoms. The zero-order valence-electron chi connectivity index (χ0n) is 8.37. The number of hydrogen-bond acceptors (Lipinski definition) is 5. The van der Waals surface area contributed by atoms with Crippen molar-refractivity contribution in [3.63, 3.8) is 0 Å². The largest absolute Gasteiger partial charge is 0.467 e. The lowest BCUT2D eigenvalue weighted by atomic mass is 10.1. The van der Waals surface area contributed by atoms with Gasteiger partial charge in [0.15, 0.2) is 0 Å². The Labute approximate surface area is 82.7 Å². The van der Waals surface area contributed by atoms with E-state index in [0.717, 1.165) is 24.2 Å². The third-order valence-electron chi connectivity index (χ3n) is 2.50. The smallest absolute Gasteiger partial charge is 0.318 e. The summed E-state index contributed by atoms with van der Waals surface area (Å²) in [7, 11) is 1.55. The van der Waals surface area contributed by atoms with Gasteiger partial charge in [0.25, 0.3) is 0 Å². The summed E-state index contributed by atoms with van der Waals surface area (Å²) in [5.74, 6) is 0.523. The summed E-state index contributed by atoms with van der Waals surface area (Å²) in [6.07, 6.45) is 0.993. The lowest BCUT2D eigenvalue weighted by Gasteiger charge is -2.08. The molecule has 1 aromatic heterocycles. The first kappa shape index (κ1) is 9.21. The van der Waals surface area contributed by atoms with Crippen molar-refractivity contribution in [1.82, 2.24) is 15.3 Å². The molecule has 14 heavy (non-hydrogen) atoms. The minimum absolute atomic E-state index is 0.282. The summed E-state index contributed by atoms with van der Waals surface area (Å²) in [6, 6.07) is 0.632. The van der Waals surface area contributed by atoms with Gasteiger partial charge in [-0.25, -0.2) is 0 Å². The van der Waals surface area contributed by atoms with Crippen molar-refractivity contribution in [3.05, 3.63) is 11.3 Å². The van der Waals surface area contributed by atoms with E-state index in [1.54, 1.807) is 7.11 Å². The van der Waals surface area contributed by atoms with Crippen LogP contribution < -0.4 is 15.8 Å². The Morgan fingerprint density at radius 1 is 1.57 bits per heavy atom. The van der Waals surface area contributed by atoms with Gasteiger partial charge in [0.2, 0.25) is 0 Å². The molecule has 1 unspecified atom stereocenters. The third kappa shape index (κ3) is 1.29. The zero-order valence-corrected chi connectivity index (χ0v) is 8.37. The van der Waals surface area contributed by atoms with E-state index >= 15 is 0 Å². The SMILES string of the molecule is CCC1NCc2c(N)nc(OC)nc21. The molecule has 5 nitrogen and oxygen atoms in total. The number of ether oxygens (including phenoxy) is 1. The second-order valence-electron chi connectivity index (χ2n) is 3.30. The Morgan fingerprint density at radius 2 is 2.36 bits per heavy atom. The number of rotatable bonds is 2. The Bertz CT molecular complexity index is 353. The van der Waals surface area contributed by atoms with E-state index in [0.29, 0.717) is 11.8 Å². The first-order chi connectivity index (χ1) is 6.76. The number of nitrogens with two attached hydrogens (primary N) is 1. The Morgan fingerprint density at radius 3 is 3.00 bits per heavy atom. The standard InChI is InChI=1S/C9H14N4O/c1-3-6-7-5(4-11-6)8(10)13-9(12-7)14-2/h6,11H,3-4H2,1-2H3,(H2,10,12,13). The fourth-order valence-electron chi connectivity index (χ4n) is 1.72. The average Bonchev–Trinajstić information content (AvgIpc) is 2.61. The number of fused-ring (bicyclic) bond motifs is 1. The second kappa shape index (κ2) is 3.42. The average molecular weight is 194 g/mol. The molecule has 0 saturated heterocycles. The van der Waals surface area contributed by atoms with E-state index in [1.165, 1.54) is 0 Å². The number of nitrogen functional groups attached to an aromatic ring is 1. The lowest BCUT2D eigenvalue weighted by Crippen LogP contribution is -2.11. The zero-order chi connectivity index (χ0) is 10.1. The molecule has 5 heteroatoms. The molecule has 1 aliphatic heterocycles. The van der Waals surface area contributed by atoms with E-state index in [9.17, 15) is 0 Å². The molecule has 0 bridgehead atoms. The van der Waals surface area contributed by atoms with Gasteiger partial charge in [-0.2, -0.15) is 9.97 Å². The van der Waals surface area contributed by atoms with Gasteiger partial charge in [-0.3, -0.25) is 0 Å². The molecule has 0 aliphatic carbocycles. The maximum Gasteiger partial charge on any atom is 0.318 e. The van der Waals surface area contributed by atoms with E-state index < -0.39 is 0 Å². The first-order valence-electron chi connectivity index (χ1n) is 4.70. The molecule has 0 saturated carbocycles. The molecular weight excluding hydrogens is 180 g/mol. The summed E-state index contributed by atoms with van der Waals surface area (Å²) in [5, 5.41) is 3.33. The molecule has 1 aliphatic rings. The van der Waals surface area contributed by atoms with Crippen molar-refractivity contribution in [2.75, 3.05) is 12.8 Å². The van der Waals surface area contributed by atoms with Gasteiger partial charge in [0.1, 0.15) is 5.82 Å². The third-order valence-corrected chi connectivity index (χ3v) is 2.50.